The first kappa shape index (κ1) is 19.0. The van der Waals surface area contributed by atoms with Gasteiger partial charge in [-0.1, -0.05) is 24.3 Å². The third kappa shape index (κ3) is 3.91. The summed E-state index contributed by atoms with van der Waals surface area (Å²) in [7, 11) is 0. The fourth-order valence-electron chi connectivity index (χ4n) is 4.84. The van der Waals surface area contributed by atoms with Crippen LogP contribution in [-0.2, 0) is 27.3 Å². The molecule has 1 aromatic carbocycles. The molecular weight excluding hydrogens is 354 g/mol. The number of carbonyl (C=O) groups excluding carboxylic acids is 3. The fraction of sp³-hybridized carbons (Fsp3) is 0.591. The number of amides is 3. The molecule has 2 fully saturated rings. The van der Waals surface area contributed by atoms with Crippen molar-refractivity contribution in [3.63, 3.8) is 0 Å². The summed E-state index contributed by atoms with van der Waals surface area (Å²) in [4.78, 5) is 42.2. The van der Waals surface area contributed by atoms with Crippen LogP contribution in [0.15, 0.2) is 24.3 Å². The second kappa shape index (κ2) is 8.33. The van der Waals surface area contributed by atoms with E-state index in [2.05, 4.69) is 18.2 Å². The van der Waals surface area contributed by atoms with Gasteiger partial charge in [0.15, 0.2) is 0 Å². The Hall–Kier alpha value is -2.37. The number of piperazine rings is 1. The minimum absolute atomic E-state index is 0.0360. The van der Waals surface area contributed by atoms with Crippen molar-refractivity contribution in [2.24, 2.45) is 11.8 Å². The van der Waals surface area contributed by atoms with E-state index in [1.807, 2.05) is 15.9 Å². The van der Waals surface area contributed by atoms with Crippen LogP contribution < -0.4 is 0 Å². The van der Waals surface area contributed by atoms with E-state index in [-0.39, 0.29) is 23.7 Å². The molecule has 3 amide bonds. The van der Waals surface area contributed by atoms with Crippen LogP contribution in [0.25, 0.3) is 0 Å². The van der Waals surface area contributed by atoms with Gasteiger partial charge in [0.1, 0.15) is 0 Å². The molecule has 3 aliphatic rings. The summed E-state index contributed by atoms with van der Waals surface area (Å²) in [5, 5.41) is 0. The number of nitrogens with zero attached hydrogens (tertiary/aromatic N) is 3. The quantitative estimate of drug-likeness (QED) is 0.746. The Kier molecular flexibility index (Phi) is 5.64. The van der Waals surface area contributed by atoms with E-state index in [4.69, 9.17) is 0 Å². The van der Waals surface area contributed by atoms with E-state index in [9.17, 15) is 14.4 Å². The van der Waals surface area contributed by atoms with E-state index in [1.54, 1.807) is 4.90 Å². The Morgan fingerprint density at radius 3 is 1.96 bits per heavy atom. The molecule has 1 aliphatic carbocycles. The molecule has 0 bridgehead atoms. The molecule has 150 valence electrons. The first-order chi connectivity index (χ1) is 13.7. The molecule has 1 saturated heterocycles. The summed E-state index contributed by atoms with van der Waals surface area (Å²) >= 11 is 0. The maximum absolute atomic E-state index is 13.0. The Morgan fingerprint density at radius 1 is 0.786 bits per heavy atom. The highest BCUT2D eigenvalue weighted by Crippen LogP contribution is 2.32. The molecule has 2 heterocycles. The van der Waals surface area contributed by atoms with Crippen LogP contribution in [-0.4, -0.2) is 65.6 Å². The topological polar surface area (TPSA) is 60.9 Å². The second-order valence-electron chi connectivity index (χ2n) is 8.29. The summed E-state index contributed by atoms with van der Waals surface area (Å²) in [5.41, 5.74) is 2.62. The van der Waals surface area contributed by atoms with E-state index in [0.717, 1.165) is 51.6 Å². The van der Waals surface area contributed by atoms with Gasteiger partial charge in [0, 0.05) is 51.1 Å². The highest BCUT2D eigenvalue weighted by Gasteiger charge is 2.35. The lowest BCUT2D eigenvalue weighted by atomic mass is 9.80. The predicted molar refractivity (Wildman–Crippen MR) is 105 cm³/mol. The van der Waals surface area contributed by atoms with Crippen LogP contribution in [0, 0.1) is 11.8 Å². The van der Waals surface area contributed by atoms with Gasteiger partial charge in [-0.25, -0.2) is 0 Å². The minimum atomic E-state index is 0.0360. The summed E-state index contributed by atoms with van der Waals surface area (Å²) in [5.74, 6) is 0.568. The second-order valence-corrected chi connectivity index (χ2v) is 8.29. The SMILES string of the molecule is O=CN1CCN(C(=O)C2CCC(C(=O)N3CCc4ccccc4C3)CC2)CC1. The molecule has 6 nitrogen and oxygen atoms in total. The lowest BCUT2D eigenvalue weighted by molar-refractivity contribution is -0.143. The highest BCUT2D eigenvalue weighted by atomic mass is 16.2. The third-order valence-corrected chi connectivity index (χ3v) is 6.64. The van der Waals surface area contributed by atoms with Gasteiger partial charge in [-0.3, -0.25) is 14.4 Å². The molecule has 0 aromatic heterocycles. The molecule has 0 unspecified atom stereocenters. The van der Waals surface area contributed by atoms with Crippen molar-refractivity contribution < 1.29 is 14.4 Å². The van der Waals surface area contributed by atoms with Crippen LogP contribution in [0.2, 0.25) is 0 Å². The average Bonchev–Trinajstić information content (AvgIpc) is 2.78. The van der Waals surface area contributed by atoms with Crippen molar-refractivity contribution in [3.05, 3.63) is 35.4 Å². The van der Waals surface area contributed by atoms with Gasteiger partial charge < -0.3 is 14.7 Å². The number of hydrogen-bond acceptors (Lipinski definition) is 3. The Labute approximate surface area is 166 Å². The van der Waals surface area contributed by atoms with Crippen LogP contribution >= 0.6 is 0 Å². The first-order valence-corrected chi connectivity index (χ1v) is 10.5. The van der Waals surface area contributed by atoms with Gasteiger partial charge in [-0.05, 0) is 43.2 Å². The van der Waals surface area contributed by atoms with Crippen molar-refractivity contribution in [2.75, 3.05) is 32.7 Å². The zero-order valence-electron chi connectivity index (χ0n) is 16.4. The molecule has 0 radical (unpaired) electrons. The number of hydrogen-bond donors (Lipinski definition) is 0. The molecule has 2 aliphatic heterocycles. The van der Waals surface area contributed by atoms with Gasteiger partial charge in [0.05, 0.1) is 0 Å². The Bertz CT molecular complexity index is 734. The molecular formula is C22H29N3O3. The molecule has 1 saturated carbocycles. The molecule has 28 heavy (non-hydrogen) atoms. The normalized spacial score (nSPS) is 25.2. The predicted octanol–water partition coefficient (Wildman–Crippen LogP) is 1.68. The van der Waals surface area contributed by atoms with Crippen LogP contribution in [0.4, 0.5) is 0 Å². The van der Waals surface area contributed by atoms with Crippen molar-refractivity contribution in [1.82, 2.24) is 14.7 Å². The maximum atomic E-state index is 13.0. The van der Waals surface area contributed by atoms with E-state index in [1.165, 1.54) is 11.1 Å². The summed E-state index contributed by atoms with van der Waals surface area (Å²) in [6, 6.07) is 8.38. The van der Waals surface area contributed by atoms with Crippen molar-refractivity contribution >= 4 is 18.2 Å². The number of fused-ring (bicyclic) bond motifs is 1. The van der Waals surface area contributed by atoms with Gasteiger partial charge in [0.2, 0.25) is 18.2 Å². The third-order valence-electron chi connectivity index (χ3n) is 6.64. The average molecular weight is 383 g/mol. The number of rotatable bonds is 3. The smallest absolute Gasteiger partial charge is 0.225 e. The maximum Gasteiger partial charge on any atom is 0.225 e. The Balaban J connectivity index is 1.28. The van der Waals surface area contributed by atoms with Crippen LogP contribution in [0.3, 0.4) is 0 Å². The standard InChI is InChI=1S/C22H29N3O3/c26-16-23-11-13-24(14-12-23)21(27)18-5-7-19(8-6-18)22(28)25-10-9-17-3-1-2-4-20(17)15-25/h1-4,16,18-19H,5-15H2. The lowest BCUT2D eigenvalue weighted by Crippen LogP contribution is -2.50. The summed E-state index contributed by atoms with van der Waals surface area (Å²) < 4.78 is 0. The zero-order valence-corrected chi connectivity index (χ0v) is 16.4. The van der Waals surface area contributed by atoms with Gasteiger partial charge >= 0.3 is 0 Å². The van der Waals surface area contributed by atoms with Gasteiger partial charge in [-0.2, -0.15) is 0 Å². The molecule has 0 N–H and O–H groups in total. The summed E-state index contributed by atoms with van der Waals surface area (Å²) in [6.07, 6.45) is 5.00. The van der Waals surface area contributed by atoms with E-state index < -0.39 is 0 Å². The lowest BCUT2D eigenvalue weighted by Gasteiger charge is -2.37. The fourth-order valence-corrected chi connectivity index (χ4v) is 4.84. The minimum Gasteiger partial charge on any atom is -0.342 e. The van der Waals surface area contributed by atoms with Crippen molar-refractivity contribution in [3.8, 4) is 0 Å². The molecule has 4 rings (SSSR count). The largest absolute Gasteiger partial charge is 0.342 e. The van der Waals surface area contributed by atoms with Crippen molar-refractivity contribution in [1.29, 1.82) is 0 Å². The molecule has 0 spiro atoms. The van der Waals surface area contributed by atoms with Gasteiger partial charge in [0.25, 0.3) is 0 Å². The number of carbonyl (C=O) groups is 3. The van der Waals surface area contributed by atoms with E-state index >= 15 is 0 Å². The molecule has 0 atom stereocenters. The van der Waals surface area contributed by atoms with Crippen molar-refractivity contribution in [2.45, 2.75) is 38.6 Å². The Morgan fingerprint density at radius 2 is 1.36 bits per heavy atom. The summed E-state index contributed by atoms with van der Waals surface area (Å²) in [6.45, 7) is 4.02. The molecule has 6 heteroatoms. The van der Waals surface area contributed by atoms with Gasteiger partial charge in [-0.15, -0.1) is 0 Å². The highest BCUT2D eigenvalue weighted by molar-refractivity contribution is 5.81. The molecule has 1 aromatic rings. The zero-order chi connectivity index (χ0) is 19.5. The van der Waals surface area contributed by atoms with Crippen LogP contribution in [0.1, 0.15) is 36.8 Å². The number of benzene rings is 1. The first-order valence-electron chi connectivity index (χ1n) is 10.5. The van der Waals surface area contributed by atoms with E-state index in [0.29, 0.717) is 26.2 Å². The van der Waals surface area contributed by atoms with Crippen LogP contribution in [0.5, 0.6) is 0 Å². The monoisotopic (exact) mass is 383 g/mol.